The van der Waals surface area contributed by atoms with Crippen LogP contribution in [0.3, 0.4) is 0 Å². The van der Waals surface area contributed by atoms with Crippen LogP contribution in [0.15, 0.2) is 0 Å². The highest BCUT2D eigenvalue weighted by atomic mass is 31.0. The van der Waals surface area contributed by atoms with Crippen LogP contribution in [0.4, 0.5) is 0 Å². The molecule has 50 valence electrons. The van der Waals surface area contributed by atoms with E-state index in [0.717, 1.165) is 19.3 Å². The minimum Gasteiger partial charge on any atom is -0.386 e. The van der Waals surface area contributed by atoms with Gasteiger partial charge in [-0.1, -0.05) is 19.8 Å². The summed E-state index contributed by atoms with van der Waals surface area (Å²) in [7, 11) is 2.42. The Morgan fingerprint density at radius 2 is 2.12 bits per heavy atom. The van der Waals surface area contributed by atoms with Gasteiger partial charge in [0.1, 0.15) is 0 Å². The van der Waals surface area contributed by atoms with Gasteiger partial charge in [0.2, 0.25) is 0 Å². The molecule has 2 atom stereocenters. The van der Waals surface area contributed by atoms with E-state index < -0.39 is 5.34 Å². The summed E-state index contributed by atoms with van der Waals surface area (Å²) in [6, 6.07) is 0. The van der Waals surface area contributed by atoms with Gasteiger partial charge in [-0.25, -0.2) is 0 Å². The Labute approximate surface area is 53.7 Å². The van der Waals surface area contributed by atoms with E-state index >= 15 is 0 Å². The normalized spacial score (nSPS) is 18.0. The minimum atomic E-state index is -0.532. The molecule has 0 saturated carbocycles. The molecule has 2 unspecified atom stereocenters. The Balaban J connectivity index is 3.11. The first-order chi connectivity index (χ1) is 3.56. The standard InChI is InChI=1S/C6H15OP/c1-3-4-5-6(2,7)8/h7H,3-5,8H2,1-2H3. The summed E-state index contributed by atoms with van der Waals surface area (Å²) in [5.41, 5.74) is 0. The maximum absolute atomic E-state index is 9.11. The molecule has 0 aliphatic rings. The molecule has 0 bridgehead atoms. The zero-order valence-corrected chi connectivity index (χ0v) is 6.80. The molecule has 8 heavy (non-hydrogen) atoms. The summed E-state index contributed by atoms with van der Waals surface area (Å²) < 4.78 is 0. The fourth-order valence-electron chi connectivity index (χ4n) is 0.535. The van der Waals surface area contributed by atoms with E-state index in [1.165, 1.54) is 0 Å². The first-order valence-electron chi connectivity index (χ1n) is 3.07. The average Bonchev–Trinajstić information content (AvgIpc) is 1.59. The van der Waals surface area contributed by atoms with E-state index in [2.05, 4.69) is 16.2 Å². The lowest BCUT2D eigenvalue weighted by molar-refractivity contribution is 0.143. The SMILES string of the molecule is CCCCC(C)(O)P. The monoisotopic (exact) mass is 134 g/mol. The van der Waals surface area contributed by atoms with Crippen LogP contribution in [0.25, 0.3) is 0 Å². The summed E-state index contributed by atoms with van der Waals surface area (Å²) in [5.74, 6) is 0. The smallest absolute Gasteiger partial charge is 0.0750 e. The Bertz CT molecular complexity index is 56.0. The summed E-state index contributed by atoms with van der Waals surface area (Å²) in [6.45, 7) is 3.93. The number of rotatable bonds is 3. The molecule has 0 saturated heterocycles. The van der Waals surface area contributed by atoms with Crippen LogP contribution < -0.4 is 0 Å². The zero-order valence-electron chi connectivity index (χ0n) is 5.65. The van der Waals surface area contributed by atoms with E-state index in [9.17, 15) is 0 Å². The van der Waals surface area contributed by atoms with Crippen molar-refractivity contribution in [3.8, 4) is 0 Å². The van der Waals surface area contributed by atoms with Gasteiger partial charge >= 0.3 is 0 Å². The maximum Gasteiger partial charge on any atom is 0.0750 e. The van der Waals surface area contributed by atoms with Crippen molar-refractivity contribution >= 4 is 9.24 Å². The van der Waals surface area contributed by atoms with Crippen LogP contribution in [-0.2, 0) is 0 Å². The molecule has 0 amide bonds. The van der Waals surface area contributed by atoms with Crippen LogP contribution in [0.2, 0.25) is 0 Å². The quantitative estimate of drug-likeness (QED) is 0.583. The Morgan fingerprint density at radius 3 is 2.25 bits per heavy atom. The molecular formula is C6H15OP. The third kappa shape index (κ3) is 6.39. The van der Waals surface area contributed by atoms with Gasteiger partial charge in [-0.15, -0.1) is 9.24 Å². The number of hydrogen-bond donors (Lipinski definition) is 1. The molecule has 2 heteroatoms. The van der Waals surface area contributed by atoms with E-state index in [-0.39, 0.29) is 0 Å². The second kappa shape index (κ2) is 3.42. The van der Waals surface area contributed by atoms with Gasteiger partial charge < -0.3 is 5.11 Å². The summed E-state index contributed by atoms with van der Waals surface area (Å²) >= 11 is 0. The van der Waals surface area contributed by atoms with Gasteiger partial charge in [0, 0.05) is 0 Å². The Hall–Kier alpha value is 0.390. The first-order valence-corrected chi connectivity index (χ1v) is 3.65. The summed E-state index contributed by atoms with van der Waals surface area (Å²) in [6.07, 6.45) is 3.15. The molecule has 0 radical (unpaired) electrons. The highest BCUT2D eigenvalue weighted by molar-refractivity contribution is 7.18. The molecule has 0 heterocycles. The molecule has 0 aliphatic carbocycles. The summed E-state index contributed by atoms with van der Waals surface area (Å²) in [5, 5.41) is 8.58. The highest BCUT2D eigenvalue weighted by Crippen LogP contribution is 2.19. The van der Waals surface area contributed by atoms with Crippen molar-refractivity contribution in [2.24, 2.45) is 0 Å². The molecule has 0 aliphatic heterocycles. The van der Waals surface area contributed by atoms with E-state index in [4.69, 9.17) is 5.11 Å². The number of unbranched alkanes of at least 4 members (excludes halogenated alkanes) is 1. The molecule has 0 aromatic heterocycles. The van der Waals surface area contributed by atoms with Gasteiger partial charge in [0.05, 0.1) is 5.34 Å². The highest BCUT2D eigenvalue weighted by Gasteiger charge is 2.09. The lowest BCUT2D eigenvalue weighted by atomic mass is 10.2. The Morgan fingerprint density at radius 1 is 1.62 bits per heavy atom. The molecule has 0 aromatic rings. The fraction of sp³-hybridized carbons (Fsp3) is 1.00. The number of hydrogen-bond acceptors (Lipinski definition) is 1. The van der Waals surface area contributed by atoms with Crippen molar-refractivity contribution in [2.75, 3.05) is 0 Å². The van der Waals surface area contributed by atoms with Crippen LogP contribution in [0, 0.1) is 0 Å². The molecule has 0 fully saturated rings. The zero-order chi connectivity index (χ0) is 6.62. The van der Waals surface area contributed by atoms with Crippen LogP contribution in [0.1, 0.15) is 33.1 Å². The van der Waals surface area contributed by atoms with Crippen molar-refractivity contribution in [1.29, 1.82) is 0 Å². The largest absolute Gasteiger partial charge is 0.386 e. The molecule has 1 N–H and O–H groups in total. The van der Waals surface area contributed by atoms with Crippen molar-refractivity contribution in [3.05, 3.63) is 0 Å². The molecule has 0 rings (SSSR count). The first kappa shape index (κ1) is 8.39. The molecule has 1 nitrogen and oxygen atoms in total. The van der Waals surface area contributed by atoms with Gasteiger partial charge in [-0.2, -0.15) is 0 Å². The van der Waals surface area contributed by atoms with Crippen molar-refractivity contribution < 1.29 is 5.11 Å². The topological polar surface area (TPSA) is 20.2 Å². The third-order valence-electron chi connectivity index (χ3n) is 1.04. The fourth-order valence-corrected chi connectivity index (χ4v) is 0.739. The lowest BCUT2D eigenvalue weighted by Gasteiger charge is -2.15. The number of aliphatic hydroxyl groups is 1. The predicted molar refractivity (Wildman–Crippen MR) is 39.9 cm³/mol. The van der Waals surface area contributed by atoms with Crippen molar-refractivity contribution in [1.82, 2.24) is 0 Å². The Kier molecular flexibility index (Phi) is 3.59. The van der Waals surface area contributed by atoms with Crippen molar-refractivity contribution in [3.63, 3.8) is 0 Å². The van der Waals surface area contributed by atoms with Gasteiger partial charge in [0.15, 0.2) is 0 Å². The third-order valence-corrected chi connectivity index (χ3v) is 1.33. The van der Waals surface area contributed by atoms with Gasteiger partial charge in [0.25, 0.3) is 0 Å². The van der Waals surface area contributed by atoms with Gasteiger partial charge in [-0.05, 0) is 13.3 Å². The molecule has 0 spiro atoms. The van der Waals surface area contributed by atoms with Crippen molar-refractivity contribution in [2.45, 2.75) is 38.5 Å². The second-order valence-electron chi connectivity index (χ2n) is 2.46. The maximum atomic E-state index is 9.11. The van der Waals surface area contributed by atoms with Crippen LogP contribution in [0.5, 0.6) is 0 Å². The second-order valence-corrected chi connectivity index (χ2v) is 3.70. The minimum absolute atomic E-state index is 0.532. The van der Waals surface area contributed by atoms with Gasteiger partial charge in [-0.3, -0.25) is 0 Å². The molecule has 0 aromatic carbocycles. The average molecular weight is 134 g/mol. The molecular weight excluding hydrogens is 119 g/mol. The van der Waals surface area contributed by atoms with Crippen LogP contribution >= 0.6 is 9.24 Å². The van der Waals surface area contributed by atoms with E-state index in [1.807, 2.05) is 6.92 Å². The van der Waals surface area contributed by atoms with E-state index in [1.54, 1.807) is 0 Å². The predicted octanol–water partition coefficient (Wildman–Crippen LogP) is 1.76. The summed E-state index contributed by atoms with van der Waals surface area (Å²) in [4.78, 5) is 0. The van der Waals surface area contributed by atoms with E-state index in [0.29, 0.717) is 0 Å². The lowest BCUT2D eigenvalue weighted by Crippen LogP contribution is -2.12. The van der Waals surface area contributed by atoms with Crippen LogP contribution in [-0.4, -0.2) is 10.4 Å².